The van der Waals surface area contributed by atoms with Crippen molar-refractivity contribution in [2.75, 3.05) is 6.61 Å². The summed E-state index contributed by atoms with van der Waals surface area (Å²) in [7, 11) is 0. The normalized spacial score (nSPS) is 22.6. The Morgan fingerprint density at radius 1 is 1.22 bits per heavy atom. The van der Waals surface area contributed by atoms with E-state index in [0.29, 0.717) is 19.3 Å². The van der Waals surface area contributed by atoms with Gasteiger partial charge in [0.15, 0.2) is 0 Å². The maximum Gasteiger partial charge on any atom is 0.573 e. The Morgan fingerprint density at radius 3 is 2.48 bits per heavy atom. The number of aliphatic hydroxyl groups excluding tert-OH is 1. The number of aliphatic hydroxyl groups is 1. The number of hydrogen-bond acceptors (Lipinski definition) is 6. The highest BCUT2D eigenvalue weighted by Gasteiger charge is 2.33. The van der Waals surface area contributed by atoms with Gasteiger partial charge in [-0.1, -0.05) is 6.58 Å². The van der Waals surface area contributed by atoms with Crippen molar-refractivity contribution in [3.8, 4) is 5.75 Å². The minimum absolute atomic E-state index is 0.0249. The molecule has 0 saturated heterocycles. The molecule has 1 aliphatic carbocycles. The van der Waals surface area contributed by atoms with Crippen LogP contribution in [0, 0.1) is 5.92 Å². The van der Waals surface area contributed by atoms with E-state index in [4.69, 9.17) is 9.47 Å². The zero-order valence-corrected chi connectivity index (χ0v) is 14.3. The predicted octanol–water partition coefficient (Wildman–Crippen LogP) is 3.00. The van der Waals surface area contributed by atoms with E-state index >= 15 is 0 Å². The molecule has 0 spiro atoms. The fraction of sp³-hybridized carbons (Fsp3) is 0.444. The molecule has 3 unspecified atom stereocenters. The van der Waals surface area contributed by atoms with Gasteiger partial charge in [0.25, 0.3) is 0 Å². The van der Waals surface area contributed by atoms with Gasteiger partial charge in [0.1, 0.15) is 11.9 Å². The number of alkyl halides is 3. The van der Waals surface area contributed by atoms with E-state index in [1.807, 2.05) is 0 Å². The largest absolute Gasteiger partial charge is 0.573 e. The second-order valence-electron chi connectivity index (χ2n) is 6.10. The Kier molecular flexibility index (Phi) is 6.84. The van der Waals surface area contributed by atoms with Crippen molar-refractivity contribution in [3.05, 3.63) is 42.5 Å². The molecule has 1 aromatic carbocycles. The number of rotatable bonds is 6. The average Bonchev–Trinajstić information content (AvgIpc) is 2.61. The van der Waals surface area contributed by atoms with Gasteiger partial charge in [-0.05, 0) is 49.4 Å². The average molecular weight is 388 g/mol. The van der Waals surface area contributed by atoms with E-state index in [-0.39, 0.29) is 18.1 Å². The fourth-order valence-electron chi connectivity index (χ4n) is 2.73. The predicted molar refractivity (Wildman–Crippen MR) is 86.8 cm³/mol. The van der Waals surface area contributed by atoms with Crippen LogP contribution in [0.1, 0.15) is 29.6 Å². The Bertz CT molecular complexity index is 671. The smallest absolute Gasteiger partial charge is 0.462 e. The van der Waals surface area contributed by atoms with E-state index in [1.54, 1.807) is 0 Å². The lowest BCUT2D eigenvalue weighted by Crippen LogP contribution is -2.38. The van der Waals surface area contributed by atoms with E-state index in [1.165, 1.54) is 0 Å². The Labute approximate surface area is 153 Å². The maximum atomic E-state index is 12.2. The summed E-state index contributed by atoms with van der Waals surface area (Å²) in [6.07, 6.45) is -4.18. The molecule has 148 valence electrons. The molecule has 3 atom stereocenters. The van der Waals surface area contributed by atoms with Crippen LogP contribution in [0.3, 0.4) is 0 Å². The van der Waals surface area contributed by atoms with Gasteiger partial charge in [-0.2, -0.15) is 0 Å². The van der Waals surface area contributed by atoms with E-state index in [2.05, 4.69) is 11.3 Å². The SMILES string of the molecule is C=CC(=O)OCC1CCC(O)C(OC(=O)c2ccc(OC(F)(F)F)cc2)C1. The first-order valence-corrected chi connectivity index (χ1v) is 8.22. The van der Waals surface area contributed by atoms with Gasteiger partial charge in [0.2, 0.25) is 0 Å². The molecule has 9 heteroatoms. The lowest BCUT2D eigenvalue weighted by molar-refractivity contribution is -0.274. The fourth-order valence-corrected chi connectivity index (χ4v) is 2.73. The van der Waals surface area contributed by atoms with Gasteiger partial charge < -0.3 is 19.3 Å². The first-order valence-electron chi connectivity index (χ1n) is 8.22. The Balaban J connectivity index is 1.92. The summed E-state index contributed by atoms with van der Waals surface area (Å²) in [5.41, 5.74) is 0.0249. The molecule has 1 aromatic rings. The number of esters is 2. The molecule has 27 heavy (non-hydrogen) atoms. The van der Waals surface area contributed by atoms with Crippen molar-refractivity contribution in [1.82, 2.24) is 0 Å². The van der Waals surface area contributed by atoms with Crippen LogP contribution in [0.15, 0.2) is 36.9 Å². The number of hydrogen-bond donors (Lipinski definition) is 1. The molecule has 0 radical (unpaired) electrons. The van der Waals surface area contributed by atoms with Gasteiger partial charge in [0.05, 0.1) is 18.3 Å². The third kappa shape index (κ3) is 6.59. The minimum atomic E-state index is -4.82. The molecule has 0 bridgehead atoms. The standard InChI is InChI=1S/C18H19F3O6/c1-2-16(23)25-10-11-3-8-14(22)15(9-11)26-17(24)12-4-6-13(7-5-12)27-18(19,20)21/h2,4-7,11,14-15,22H,1,3,8-10H2. The molecule has 1 saturated carbocycles. The molecule has 0 amide bonds. The quantitative estimate of drug-likeness (QED) is 0.596. The van der Waals surface area contributed by atoms with Gasteiger partial charge in [-0.3, -0.25) is 0 Å². The molecular formula is C18H19F3O6. The van der Waals surface area contributed by atoms with Gasteiger partial charge in [-0.25, -0.2) is 9.59 Å². The van der Waals surface area contributed by atoms with Crippen LogP contribution in [0.2, 0.25) is 0 Å². The molecule has 0 aliphatic heterocycles. The number of benzene rings is 1. The maximum absolute atomic E-state index is 12.2. The number of carbonyl (C=O) groups is 2. The van der Waals surface area contributed by atoms with Crippen LogP contribution in [-0.4, -0.2) is 42.2 Å². The first-order chi connectivity index (χ1) is 12.7. The highest BCUT2D eigenvalue weighted by molar-refractivity contribution is 5.89. The number of halogens is 3. The molecule has 6 nitrogen and oxygen atoms in total. The number of ether oxygens (including phenoxy) is 3. The molecule has 1 aliphatic rings. The molecule has 1 N–H and O–H groups in total. The molecule has 0 aromatic heterocycles. The summed E-state index contributed by atoms with van der Waals surface area (Å²) in [4.78, 5) is 23.3. The molecule has 2 rings (SSSR count). The highest BCUT2D eigenvalue weighted by Crippen LogP contribution is 2.28. The van der Waals surface area contributed by atoms with Crippen LogP contribution >= 0.6 is 0 Å². The van der Waals surface area contributed by atoms with Crippen molar-refractivity contribution < 1.29 is 42.1 Å². The van der Waals surface area contributed by atoms with Crippen molar-refractivity contribution in [2.45, 2.75) is 37.8 Å². The van der Waals surface area contributed by atoms with Gasteiger partial charge in [-0.15, -0.1) is 13.2 Å². The van der Waals surface area contributed by atoms with Gasteiger partial charge in [0, 0.05) is 6.08 Å². The summed E-state index contributed by atoms with van der Waals surface area (Å²) in [5, 5.41) is 10.0. The van der Waals surface area contributed by atoms with E-state index < -0.39 is 36.3 Å². The van der Waals surface area contributed by atoms with Crippen LogP contribution in [0.4, 0.5) is 13.2 Å². The second kappa shape index (κ2) is 8.90. The van der Waals surface area contributed by atoms with Crippen LogP contribution in [-0.2, 0) is 14.3 Å². The summed E-state index contributed by atoms with van der Waals surface area (Å²) in [6.45, 7) is 3.41. The van der Waals surface area contributed by atoms with Crippen molar-refractivity contribution in [1.29, 1.82) is 0 Å². The lowest BCUT2D eigenvalue weighted by Gasteiger charge is -2.32. The summed E-state index contributed by atoms with van der Waals surface area (Å²) in [5.74, 6) is -1.88. The summed E-state index contributed by atoms with van der Waals surface area (Å²) in [6, 6.07) is 4.28. The topological polar surface area (TPSA) is 82.1 Å². The zero-order chi connectivity index (χ0) is 20.0. The molecule has 0 heterocycles. The highest BCUT2D eigenvalue weighted by atomic mass is 19.4. The van der Waals surface area contributed by atoms with Crippen LogP contribution in [0.5, 0.6) is 5.75 Å². The molecular weight excluding hydrogens is 369 g/mol. The van der Waals surface area contributed by atoms with Crippen molar-refractivity contribution in [3.63, 3.8) is 0 Å². The zero-order valence-electron chi connectivity index (χ0n) is 14.3. The minimum Gasteiger partial charge on any atom is -0.462 e. The van der Waals surface area contributed by atoms with E-state index in [9.17, 15) is 27.9 Å². The van der Waals surface area contributed by atoms with Gasteiger partial charge >= 0.3 is 18.3 Å². The Hall–Kier alpha value is -2.55. The van der Waals surface area contributed by atoms with E-state index in [0.717, 1.165) is 30.3 Å². The second-order valence-corrected chi connectivity index (χ2v) is 6.10. The number of carbonyl (C=O) groups excluding carboxylic acids is 2. The monoisotopic (exact) mass is 388 g/mol. The third-order valence-electron chi connectivity index (χ3n) is 4.08. The van der Waals surface area contributed by atoms with Crippen molar-refractivity contribution in [2.24, 2.45) is 5.92 Å². The molecule has 1 fully saturated rings. The van der Waals surface area contributed by atoms with Crippen molar-refractivity contribution >= 4 is 11.9 Å². The third-order valence-corrected chi connectivity index (χ3v) is 4.08. The summed E-state index contributed by atoms with van der Waals surface area (Å²) < 4.78 is 50.4. The lowest BCUT2D eigenvalue weighted by atomic mass is 9.85. The Morgan fingerprint density at radius 2 is 1.89 bits per heavy atom. The summed E-state index contributed by atoms with van der Waals surface area (Å²) >= 11 is 0. The van der Waals surface area contributed by atoms with Crippen LogP contribution < -0.4 is 4.74 Å². The van der Waals surface area contributed by atoms with Crippen LogP contribution in [0.25, 0.3) is 0 Å². The first kappa shape index (κ1) is 20.8.